The van der Waals surface area contributed by atoms with Gasteiger partial charge in [-0.2, -0.15) is 0 Å². The summed E-state index contributed by atoms with van der Waals surface area (Å²) >= 11 is 0. The zero-order chi connectivity index (χ0) is 18.8. The first-order chi connectivity index (χ1) is 12.6. The van der Waals surface area contributed by atoms with E-state index in [4.69, 9.17) is 16.2 Å². The number of hydrogen-bond acceptors (Lipinski definition) is 4. The Labute approximate surface area is 165 Å². The predicted octanol–water partition coefficient (Wildman–Crippen LogP) is 3.85. The normalized spacial score (nSPS) is 9.96. The van der Waals surface area contributed by atoms with Crippen LogP contribution in [0.2, 0.25) is 0 Å². The van der Waals surface area contributed by atoms with Gasteiger partial charge in [-0.05, 0) is 55.8 Å². The summed E-state index contributed by atoms with van der Waals surface area (Å²) in [5.74, 6) is 0.397. The van der Waals surface area contributed by atoms with E-state index in [9.17, 15) is 9.59 Å². The smallest absolute Gasteiger partial charge is 0.252 e. The molecule has 0 spiro atoms. The molecule has 0 aliphatic rings. The number of unbranched alkanes of at least 4 members (excludes halogenated alkanes) is 3. The average molecular weight is 392 g/mol. The zero-order valence-electron chi connectivity index (χ0n) is 15.1. The van der Waals surface area contributed by atoms with E-state index in [2.05, 4.69) is 5.32 Å². The molecule has 0 aromatic heterocycles. The number of rotatable bonds is 10. The molecular weight excluding hydrogens is 366 g/mol. The van der Waals surface area contributed by atoms with Gasteiger partial charge in [0, 0.05) is 12.1 Å². The number of para-hydroxylation sites is 1. The number of nitrogens with one attached hydrogen (secondary N) is 1. The maximum Gasteiger partial charge on any atom is 0.252 e. The van der Waals surface area contributed by atoms with Crippen molar-refractivity contribution in [2.24, 2.45) is 11.5 Å². The van der Waals surface area contributed by atoms with Gasteiger partial charge in [-0.25, -0.2) is 0 Å². The minimum atomic E-state index is -0.545. The topological polar surface area (TPSA) is 107 Å². The van der Waals surface area contributed by atoms with E-state index in [-0.39, 0.29) is 18.3 Å². The van der Waals surface area contributed by atoms with Gasteiger partial charge in [-0.3, -0.25) is 9.59 Å². The Hall–Kier alpha value is -2.57. The molecule has 0 radical (unpaired) electrons. The van der Waals surface area contributed by atoms with Crippen LogP contribution >= 0.6 is 12.4 Å². The molecular formula is C20H26ClN3O3. The zero-order valence-corrected chi connectivity index (χ0v) is 16.0. The Balaban J connectivity index is 0.00000364. The van der Waals surface area contributed by atoms with Crippen molar-refractivity contribution in [3.05, 3.63) is 54.1 Å². The van der Waals surface area contributed by atoms with Crippen LogP contribution in [0.3, 0.4) is 0 Å². The number of carbonyl (C=O) groups is 2. The van der Waals surface area contributed by atoms with Crippen LogP contribution in [0, 0.1) is 0 Å². The molecule has 2 amide bonds. The van der Waals surface area contributed by atoms with Crippen LogP contribution < -0.4 is 21.5 Å². The summed E-state index contributed by atoms with van der Waals surface area (Å²) < 4.78 is 5.71. The van der Waals surface area contributed by atoms with Crippen LogP contribution in [0.25, 0.3) is 0 Å². The molecule has 0 unspecified atom stereocenters. The van der Waals surface area contributed by atoms with E-state index in [1.807, 2.05) is 0 Å². The highest BCUT2D eigenvalue weighted by molar-refractivity contribution is 5.95. The second kappa shape index (κ2) is 11.9. The van der Waals surface area contributed by atoms with Crippen LogP contribution in [-0.2, 0) is 4.79 Å². The summed E-state index contributed by atoms with van der Waals surface area (Å²) in [7, 11) is 0. The number of halogens is 1. The van der Waals surface area contributed by atoms with Crippen LogP contribution in [0.5, 0.6) is 11.5 Å². The van der Waals surface area contributed by atoms with E-state index in [1.54, 1.807) is 48.5 Å². The number of amides is 2. The summed E-state index contributed by atoms with van der Waals surface area (Å²) in [5, 5.41) is 2.86. The fraction of sp³-hybridized carbons (Fsp3) is 0.300. The monoisotopic (exact) mass is 391 g/mol. The lowest BCUT2D eigenvalue weighted by atomic mass is 10.1. The van der Waals surface area contributed by atoms with Gasteiger partial charge in [0.2, 0.25) is 5.91 Å². The van der Waals surface area contributed by atoms with Crippen molar-refractivity contribution < 1.29 is 14.3 Å². The highest BCUT2D eigenvalue weighted by Gasteiger charge is 2.09. The molecule has 0 fully saturated rings. The van der Waals surface area contributed by atoms with Crippen molar-refractivity contribution in [2.75, 3.05) is 11.9 Å². The molecule has 2 rings (SSSR count). The Morgan fingerprint density at radius 2 is 1.59 bits per heavy atom. The van der Waals surface area contributed by atoms with Crippen molar-refractivity contribution in [3.8, 4) is 11.5 Å². The number of primary amides is 1. The first kappa shape index (κ1) is 22.5. The number of anilines is 1. The predicted molar refractivity (Wildman–Crippen MR) is 109 cm³/mol. The minimum Gasteiger partial charge on any atom is -0.457 e. The van der Waals surface area contributed by atoms with Crippen LogP contribution in [-0.4, -0.2) is 18.4 Å². The highest BCUT2D eigenvalue weighted by Crippen LogP contribution is 2.26. The van der Waals surface area contributed by atoms with E-state index < -0.39 is 5.91 Å². The molecule has 0 saturated carbocycles. The molecule has 7 heteroatoms. The lowest BCUT2D eigenvalue weighted by Crippen LogP contribution is -2.12. The second-order valence-corrected chi connectivity index (χ2v) is 5.99. The van der Waals surface area contributed by atoms with Gasteiger partial charge in [0.15, 0.2) is 0 Å². The molecule has 27 heavy (non-hydrogen) atoms. The van der Waals surface area contributed by atoms with E-state index in [0.29, 0.717) is 35.7 Å². The fourth-order valence-corrected chi connectivity index (χ4v) is 2.50. The van der Waals surface area contributed by atoms with Gasteiger partial charge in [0.25, 0.3) is 5.91 Å². The van der Waals surface area contributed by atoms with Crippen LogP contribution in [0.1, 0.15) is 42.5 Å². The number of hydrogen-bond donors (Lipinski definition) is 3. The van der Waals surface area contributed by atoms with Gasteiger partial charge >= 0.3 is 0 Å². The molecule has 0 aliphatic carbocycles. The third kappa shape index (κ3) is 7.68. The number of nitrogens with two attached hydrogens (primary N) is 2. The van der Waals surface area contributed by atoms with Crippen LogP contribution in [0.15, 0.2) is 48.5 Å². The molecule has 2 aromatic carbocycles. The Morgan fingerprint density at radius 3 is 2.26 bits per heavy atom. The van der Waals surface area contributed by atoms with E-state index in [1.165, 1.54) is 0 Å². The first-order valence-electron chi connectivity index (χ1n) is 8.77. The molecule has 0 atom stereocenters. The van der Waals surface area contributed by atoms with E-state index >= 15 is 0 Å². The van der Waals surface area contributed by atoms with Gasteiger partial charge < -0.3 is 21.5 Å². The highest BCUT2D eigenvalue weighted by atomic mass is 35.5. The standard InChI is InChI=1S/C20H25N3O3.ClH/c21-14-6-2-1-3-9-19(24)23-15-10-12-16(13-11-15)26-18-8-5-4-7-17(18)20(22)25;/h4-5,7-8,10-13H,1-3,6,9,14,21H2,(H2,22,25)(H,23,24);1H. The Kier molecular flexibility index (Phi) is 9.93. The Morgan fingerprint density at radius 1 is 0.926 bits per heavy atom. The van der Waals surface area contributed by atoms with Gasteiger partial charge in [0.05, 0.1) is 5.56 Å². The second-order valence-electron chi connectivity index (χ2n) is 5.99. The van der Waals surface area contributed by atoms with Crippen molar-refractivity contribution in [1.82, 2.24) is 0 Å². The van der Waals surface area contributed by atoms with Crippen LogP contribution in [0.4, 0.5) is 5.69 Å². The lowest BCUT2D eigenvalue weighted by Gasteiger charge is -2.10. The molecule has 0 heterocycles. The van der Waals surface area contributed by atoms with Crippen molar-refractivity contribution in [1.29, 1.82) is 0 Å². The maximum absolute atomic E-state index is 11.9. The largest absolute Gasteiger partial charge is 0.457 e. The van der Waals surface area contributed by atoms with Gasteiger partial charge in [0.1, 0.15) is 11.5 Å². The Bertz CT molecular complexity index is 736. The maximum atomic E-state index is 11.9. The molecule has 6 nitrogen and oxygen atoms in total. The summed E-state index contributed by atoms with van der Waals surface area (Å²) in [6.45, 7) is 0.699. The van der Waals surface area contributed by atoms with Gasteiger partial charge in [-0.1, -0.05) is 25.0 Å². The molecule has 0 aliphatic heterocycles. The third-order valence-electron chi connectivity index (χ3n) is 3.88. The SMILES string of the molecule is Cl.NCCCCCCC(=O)Nc1ccc(Oc2ccccc2C(N)=O)cc1. The summed E-state index contributed by atoms with van der Waals surface area (Å²) in [5.41, 5.74) is 11.8. The third-order valence-corrected chi connectivity index (χ3v) is 3.88. The first-order valence-corrected chi connectivity index (χ1v) is 8.77. The molecule has 0 saturated heterocycles. The fourth-order valence-electron chi connectivity index (χ4n) is 2.50. The van der Waals surface area contributed by atoms with E-state index in [0.717, 1.165) is 25.7 Å². The minimum absolute atomic E-state index is 0. The lowest BCUT2D eigenvalue weighted by molar-refractivity contribution is -0.116. The molecule has 2 aromatic rings. The van der Waals surface area contributed by atoms with Crippen molar-refractivity contribution in [2.45, 2.75) is 32.1 Å². The molecule has 5 N–H and O–H groups in total. The molecule has 146 valence electrons. The molecule has 0 bridgehead atoms. The van der Waals surface area contributed by atoms with Gasteiger partial charge in [-0.15, -0.1) is 12.4 Å². The van der Waals surface area contributed by atoms with Crippen molar-refractivity contribution >= 4 is 29.9 Å². The summed E-state index contributed by atoms with van der Waals surface area (Å²) in [6, 6.07) is 13.8. The number of ether oxygens (including phenoxy) is 1. The number of benzene rings is 2. The summed E-state index contributed by atoms with van der Waals surface area (Å²) in [6.07, 6.45) is 4.42. The number of carbonyl (C=O) groups excluding carboxylic acids is 2. The summed E-state index contributed by atoms with van der Waals surface area (Å²) in [4.78, 5) is 23.3. The van der Waals surface area contributed by atoms with Crippen molar-refractivity contribution in [3.63, 3.8) is 0 Å². The average Bonchev–Trinajstić information content (AvgIpc) is 2.63. The quantitative estimate of drug-likeness (QED) is 0.534.